The van der Waals surface area contributed by atoms with Crippen LogP contribution in [0.1, 0.15) is 22.8 Å². The molecule has 0 aromatic heterocycles. The van der Waals surface area contributed by atoms with Crippen LogP contribution in [-0.4, -0.2) is 12.1 Å². The number of carbonyl (C=O) groups is 1. The van der Waals surface area contributed by atoms with Gasteiger partial charge >= 0.3 is 0 Å². The molecule has 106 valence electrons. The summed E-state index contributed by atoms with van der Waals surface area (Å²) in [5.41, 5.74) is 4.97. The van der Waals surface area contributed by atoms with Crippen LogP contribution >= 0.6 is 11.6 Å². The molecule has 3 nitrogen and oxygen atoms in total. The van der Waals surface area contributed by atoms with E-state index >= 15 is 0 Å². The van der Waals surface area contributed by atoms with Gasteiger partial charge in [-0.1, -0.05) is 54.1 Å². The molecule has 0 spiro atoms. The zero-order chi connectivity index (χ0) is 15.1. The van der Waals surface area contributed by atoms with E-state index in [0.717, 1.165) is 11.1 Å². The second-order valence-corrected chi connectivity index (χ2v) is 4.94. The van der Waals surface area contributed by atoms with Crippen molar-refractivity contribution in [3.8, 4) is 0 Å². The van der Waals surface area contributed by atoms with E-state index in [1.54, 1.807) is 30.5 Å². The lowest BCUT2D eigenvalue weighted by Crippen LogP contribution is -2.17. The summed E-state index contributed by atoms with van der Waals surface area (Å²) in [4.78, 5) is 11.8. The Hall–Kier alpha value is -2.39. The lowest BCUT2D eigenvalue weighted by atomic mass is 10.1. The third kappa shape index (κ3) is 4.89. The Bertz CT molecular complexity index is 678. The first kappa shape index (κ1) is 15.0. The molecule has 4 heteroatoms. The van der Waals surface area contributed by atoms with Crippen LogP contribution in [0.5, 0.6) is 0 Å². The molecule has 1 amide bonds. The molecule has 2 aromatic rings. The summed E-state index contributed by atoms with van der Waals surface area (Å²) in [5, 5.41) is 4.46. The van der Waals surface area contributed by atoms with E-state index in [1.807, 2.05) is 43.3 Å². The van der Waals surface area contributed by atoms with Crippen LogP contribution in [0.4, 0.5) is 0 Å². The van der Waals surface area contributed by atoms with Crippen molar-refractivity contribution in [2.75, 3.05) is 0 Å². The number of benzene rings is 2. The van der Waals surface area contributed by atoms with Crippen LogP contribution in [0.3, 0.4) is 0 Å². The minimum atomic E-state index is -0.290. The van der Waals surface area contributed by atoms with Crippen molar-refractivity contribution in [3.05, 3.63) is 76.3 Å². The van der Waals surface area contributed by atoms with Crippen molar-refractivity contribution < 1.29 is 4.79 Å². The molecule has 0 saturated heterocycles. The second kappa shape index (κ2) is 7.41. The smallest absolute Gasteiger partial charge is 0.267 e. The standard InChI is InChI=1S/C17H15ClN2O/c1-13(10-14-6-3-2-4-7-14)12-19-20-17(21)15-8-5-9-16(18)11-15/h2-12H,1H3,(H,20,21)/b13-10-,19-12+. The zero-order valence-electron chi connectivity index (χ0n) is 11.6. The maximum atomic E-state index is 11.8. The van der Waals surface area contributed by atoms with Gasteiger partial charge in [0.2, 0.25) is 0 Å². The van der Waals surface area contributed by atoms with Crippen molar-refractivity contribution >= 4 is 29.8 Å². The Labute approximate surface area is 129 Å². The number of rotatable bonds is 4. The number of nitrogens with zero attached hydrogens (tertiary/aromatic N) is 1. The van der Waals surface area contributed by atoms with Gasteiger partial charge in [0.25, 0.3) is 5.91 Å². The Balaban J connectivity index is 1.96. The fourth-order valence-electron chi connectivity index (χ4n) is 1.74. The van der Waals surface area contributed by atoms with E-state index in [1.165, 1.54) is 0 Å². The van der Waals surface area contributed by atoms with E-state index < -0.39 is 0 Å². The highest BCUT2D eigenvalue weighted by Crippen LogP contribution is 2.10. The predicted molar refractivity (Wildman–Crippen MR) is 87.5 cm³/mol. The lowest BCUT2D eigenvalue weighted by molar-refractivity contribution is 0.0955. The molecule has 21 heavy (non-hydrogen) atoms. The number of hydrogen-bond acceptors (Lipinski definition) is 2. The van der Waals surface area contributed by atoms with Crippen molar-refractivity contribution in [2.24, 2.45) is 5.10 Å². The Morgan fingerprint density at radius 3 is 2.62 bits per heavy atom. The molecule has 0 aliphatic rings. The third-order valence-electron chi connectivity index (χ3n) is 2.71. The summed E-state index contributed by atoms with van der Waals surface area (Å²) >= 11 is 5.84. The van der Waals surface area contributed by atoms with E-state index in [9.17, 15) is 4.79 Å². The van der Waals surface area contributed by atoms with Crippen molar-refractivity contribution in [1.29, 1.82) is 0 Å². The fraction of sp³-hybridized carbons (Fsp3) is 0.0588. The molecule has 0 aliphatic carbocycles. The Kier molecular flexibility index (Phi) is 5.29. The molecule has 0 unspecified atom stereocenters. The SMILES string of the molecule is CC(=C/c1ccccc1)/C=N/NC(=O)c1cccc(Cl)c1. The van der Waals surface area contributed by atoms with Gasteiger partial charge in [0.15, 0.2) is 0 Å². The largest absolute Gasteiger partial charge is 0.271 e. The summed E-state index contributed by atoms with van der Waals surface area (Å²) in [6.45, 7) is 1.92. The van der Waals surface area contributed by atoms with Crippen LogP contribution in [0.15, 0.2) is 65.3 Å². The van der Waals surface area contributed by atoms with Gasteiger partial charge < -0.3 is 0 Å². The second-order valence-electron chi connectivity index (χ2n) is 4.51. The van der Waals surface area contributed by atoms with Gasteiger partial charge in [0, 0.05) is 10.6 Å². The van der Waals surface area contributed by atoms with E-state index in [4.69, 9.17) is 11.6 Å². The molecule has 0 fully saturated rings. The molecule has 0 aliphatic heterocycles. The number of allylic oxidation sites excluding steroid dienone is 1. The van der Waals surface area contributed by atoms with Crippen molar-refractivity contribution in [1.82, 2.24) is 5.43 Å². The first-order chi connectivity index (χ1) is 10.1. The zero-order valence-corrected chi connectivity index (χ0v) is 12.3. The number of hydrogen-bond donors (Lipinski definition) is 1. The van der Waals surface area contributed by atoms with E-state index in [2.05, 4.69) is 10.5 Å². The molecule has 0 heterocycles. The van der Waals surface area contributed by atoms with Gasteiger partial charge in [-0.25, -0.2) is 5.43 Å². The van der Waals surface area contributed by atoms with Gasteiger partial charge in [0.05, 0.1) is 6.21 Å². The number of nitrogens with one attached hydrogen (secondary N) is 1. The molecule has 0 bridgehead atoms. The molecule has 1 N–H and O–H groups in total. The van der Waals surface area contributed by atoms with Crippen LogP contribution in [0.25, 0.3) is 6.08 Å². The molecular weight excluding hydrogens is 284 g/mol. The van der Waals surface area contributed by atoms with Crippen LogP contribution < -0.4 is 5.43 Å². The molecule has 0 radical (unpaired) electrons. The number of halogens is 1. The van der Waals surface area contributed by atoms with E-state index in [-0.39, 0.29) is 5.91 Å². The molecule has 0 saturated carbocycles. The summed E-state index contributed by atoms with van der Waals surface area (Å²) in [6, 6.07) is 16.6. The maximum absolute atomic E-state index is 11.8. The van der Waals surface area contributed by atoms with Gasteiger partial charge in [-0.05, 0) is 36.3 Å². The monoisotopic (exact) mass is 298 g/mol. The highest BCUT2D eigenvalue weighted by atomic mass is 35.5. The van der Waals surface area contributed by atoms with Gasteiger partial charge in [-0.3, -0.25) is 4.79 Å². The number of hydrazone groups is 1. The highest BCUT2D eigenvalue weighted by Gasteiger charge is 2.03. The minimum absolute atomic E-state index is 0.290. The molecule has 2 rings (SSSR count). The summed E-state index contributed by atoms with van der Waals surface area (Å²) in [7, 11) is 0. The topological polar surface area (TPSA) is 41.5 Å². The molecule has 2 aromatic carbocycles. The third-order valence-corrected chi connectivity index (χ3v) is 2.95. The Morgan fingerprint density at radius 1 is 1.14 bits per heavy atom. The molecule has 0 atom stereocenters. The Morgan fingerprint density at radius 2 is 1.90 bits per heavy atom. The average Bonchev–Trinajstić information content (AvgIpc) is 2.48. The lowest BCUT2D eigenvalue weighted by Gasteiger charge is -2.00. The van der Waals surface area contributed by atoms with Crippen molar-refractivity contribution in [3.63, 3.8) is 0 Å². The summed E-state index contributed by atoms with van der Waals surface area (Å²) in [5.74, 6) is -0.290. The van der Waals surface area contributed by atoms with Crippen LogP contribution in [0.2, 0.25) is 5.02 Å². The first-order valence-electron chi connectivity index (χ1n) is 6.47. The van der Waals surface area contributed by atoms with Gasteiger partial charge in [-0.15, -0.1) is 0 Å². The number of amides is 1. The summed E-state index contributed by atoms with van der Waals surface area (Å²) in [6.07, 6.45) is 3.59. The van der Waals surface area contributed by atoms with Crippen molar-refractivity contribution in [2.45, 2.75) is 6.92 Å². The fourth-order valence-corrected chi connectivity index (χ4v) is 1.93. The molecular formula is C17H15ClN2O. The quantitative estimate of drug-likeness (QED) is 0.668. The first-order valence-corrected chi connectivity index (χ1v) is 6.85. The minimum Gasteiger partial charge on any atom is -0.267 e. The number of carbonyl (C=O) groups excluding carboxylic acids is 1. The highest BCUT2D eigenvalue weighted by molar-refractivity contribution is 6.30. The van der Waals surface area contributed by atoms with E-state index in [0.29, 0.717) is 10.6 Å². The predicted octanol–water partition coefficient (Wildman–Crippen LogP) is 4.16. The average molecular weight is 299 g/mol. The maximum Gasteiger partial charge on any atom is 0.271 e. The summed E-state index contributed by atoms with van der Waals surface area (Å²) < 4.78 is 0. The normalized spacial score (nSPS) is 11.6. The van der Waals surface area contributed by atoms with Gasteiger partial charge in [0.1, 0.15) is 0 Å². The van der Waals surface area contributed by atoms with Crippen LogP contribution in [-0.2, 0) is 0 Å². The van der Waals surface area contributed by atoms with Crippen LogP contribution in [0, 0.1) is 0 Å². The van der Waals surface area contributed by atoms with Gasteiger partial charge in [-0.2, -0.15) is 5.10 Å².